The zero-order chi connectivity index (χ0) is 16.8. The van der Waals surface area contributed by atoms with Gasteiger partial charge >= 0.3 is 8.56 Å². The molecular weight excluding hydrogens is 382 g/mol. The highest BCUT2D eigenvalue weighted by molar-refractivity contribution is 6.75. The van der Waals surface area contributed by atoms with Crippen LogP contribution in [0, 0.1) is 0 Å². The van der Waals surface area contributed by atoms with E-state index in [0.29, 0.717) is 18.8 Å². The van der Waals surface area contributed by atoms with E-state index in [4.69, 9.17) is 55.3 Å². The van der Waals surface area contributed by atoms with Gasteiger partial charge in [-0.2, -0.15) is 0 Å². The van der Waals surface area contributed by atoms with Crippen molar-refractivity contribution in [3.05, 3.63) is 35.4 Å². The summed E-state index contributed by atoms with van der Waals surface area (Å²) in [7, 11) is -2.35. The van der Waals surface area contributed by atoms with Gasteiger partial charge < -0.3 is 8.85 Å². The highest BCUT2D eigenvalue weighted by atomic mass is 35.6. The fourth-order valence-corrected chi connectivity index (χ4v) is 5.34. The first-order valence-electron chi connectivity index (χ1n) is 7.31. The zero-order valence-electron chi connectivity index (χ0n) is 13.0. The molecule has 0 fully saturated rings. The summed E-state index contributed by atoms with van der Waals surface area (Å²) in [5.41, 5.74) is 1.81. The molecule has 0 bridgehead atoms. The first-order chi connectivity index (χ1) is 10.2. The van der Waals surface area contributed by atoms with E-state index in [1.165, 1.54) is 0 Å². The molecule has 1 aromatic rings. The van der Waals surface area contributed by atoms with E-state index in [9.17, 15) is 0 Å². The van der Waals surface area contributed by atoms with Gasteiger partial charge in [0.05, 0.1) is 5.00 Å². The molecule has 2 nitrogen and oxygen atoms in total. The van der Waals surface area contributed by atoms with Gasteiger partial charge in [-0.15, -0.1) is 11.6 Å². The minimum Gasteiger partial charge on any atom is -0.394 e. The Kier molecular flexibility index (Phi) is 8.52. The van der Waals surface area contributed by atoms with Crippen molar-refractivity contribution in [1.82, 2.24) is 0 Å². The Morgan fingerprint density at radius 3 is 1.95 bits per heavy atom. The van der Waals surface area contributed by atoms with Crippen LogP contribution < -0.4 is 0 Å². The van der Waals surface area contributed by atoms with Crippen molar-refractivity contribution in [1.29, 1.82) is 0 Å². The standard InChI is InChI=1S/C15H22Cl4O2Si/c1-4-20-22(3,21-5-2)14(16)11-8-12-6-9-13(10-7-12)15(17,18)19/h6-7,9-10,14H,4-5,8,11H2,1-3H3. The van der Waals surface area contributed by atoms with Gasteiger partial charge in [0.15, 0.2) is 0 Å². The van der Waals surface area contributed by atoms with Gasteiger partial charge in [-0.3, -0.25) is 0 Å². The molecule has 0 saturated carbocycles. The first kappa shape index (κ1) is 20.6. The van der Waals surface area contributed by atoms with Gasteiger partial charge in [-0.05, 0) is 38.8 Å². The smallest absolute Gasteiger partial charge is 0.353 e. The Labute approximate surface area is 154 Å². The second kappa shape index (κ2) is 9.12. The van der Waals surface area contributed by atoms with Crippen LogP contribution in [0.1, 0.15) is 31.4 Å². The maximum atomic E-state index is 6.55. The molecule has 0 aliphatic rings. The number of hydrogen-bond acceptors (Lipinski definition) is 2. The molecule has 1 atom stereocenters. The van der Waals surface area contributed by atoms with Crippen LogP contribution in [0.2, 0.25) is 6.55 Å². The quantitative estimate of drug-likeness (QED) is 0.407. The predicted molar refractivity (Wildman–Crippen MR) is 98.5 cm³/mol. The summed E-state index contributed by atoms with van der Waals surface area (Å²) in [6.45, 7) is 7.17. The molecule has 0 radical (unpaired) electrons. The lowest BCUT2D eigenvalue weighted by Crippen LogP contribution is -2.48. The largest absolute Gasteiger partial charge is 0.394 e. The lowest BCUT2D eigenvalue weighted by atomic mass is 10.1. The van der Waals surface area contributed by atoms with Crippen molar-refractivity contribution in [2.45, 2.75) is 42.0 Å². The van der Waals surface area contributed by atoms with Gasteiger partial charge in [0.1, 0.15) is 0 Å². The lowest BCUT2D eigenvalue weighted by molar-refractivity contribution is 0.186. The number of alkyl halides is 4. The second-order valence-electron chi connectivity index (χ2n) is 5.08. The van der Waals surface area contributed by atoms with E-state index in [-0.39, 0.29) is 5.00 Å². The van der Waals surface area contributed by atoms with Crippen molar-refractivity contribution >= 4 is 55.0 Å². The fraction of sp³-hybridized carbons (Fsp3) is 0.600. The molecule has 0 N–H and O–H groups in total. The van der Waals surface area contributed by atoms with Crippen molar-refractivity contribution in [3.63, 3.8) is 0 Å². The van der Waals surface area contributed by atoms with Crippen LogP contribution in [0.25, 0.3) is 0 Å². The van der Waals surface area contributed by atoms with Crippen LogP contribution in [0.5, 0.6) is 0 Å². The Morgan fingerprint density at radius 2 is 1.55 bits per heavy atom. The van der Waals surface area contributed by atoms with E-state index in [1.807, 2.05) is 44.7 Å². The molecule has 0 amide bonds. The summed E-state index contributed by atoms with van der Waals surface area (Å²) >= 11 is 24.1. The van der Waals surface area contributed by atoms with E-state index >= 15 is 0 Å². The summed E-state index contributed by atoms with van der Waals surface area (Å²) in [4.78, 5) is 0. The third-order valence-electron chi connectivity index (χ3n) is 3.40. The molecule has 126 valence electrons. The van der Waals surface area contributed by atoms with Crippen LogP contribution >= 0.6 is 46.4 Å². The van der Waals surface area contributed by atoms with Crippen molar-refractivity contribution < 1.29 is 8.85 Å². The molecule has 22 heavy (non-hydrogen) atoms. The van der Waals surface area contributed by atoms with Gasteiger partial charge in [0, 0.05) is 18.8 Å². The third-order valence-corrected chi connectivity index (χ3v) is 8.61. The van der Waals surface area contributed by atoms with Crippen LogP contribution in [0.3, 0.4) is 0 Å². The average Bonchev–Trinajstić information content (AvgIpc) is 2.44. The number of hydrogen-bond donors (Lipinski definition) is 0. The zero-order valence-corrected chi connectivity index (χ0v) is 17.1. The SMILES string of the molecule is CCO[Si](C)(OCC)C(Cl)CCc1ccc(C(Cl)(Cl)Cl)cc1. The van der Waals surface area contributed by atoms with Gasteiger partial charge in [-0.1, -0.05) is 59.1 Å². The van der Waals surface area contributed by atoms with Gasteiger partial charge in [0.2, 0.25) is 3.79 Å². The van der Waals surface area contributed by atoms with Crippen LogP contribution in [0.4, 0.5) is 0 Å². The van der Waals surface area contributed by atoms with Crippen molar-refractivity contribution in [2.75, 3.05) is 13.2 Å². The molecule has 1 rings (SSSR count). The van der Waals surface area contributed by atoms with Gasteiger partial charge in [-0.25, -0.2) is 0 Å². The van der Waals surface area contributed by atoms with E-state index < -0.39 is 12.4 Å². The van der Waals surface area contributed by atoms with Gasteiger partial charge in [0.25, 0.3) is 0 Å². The summed E-state index contributed by atoms with van der Waals surface area (Å²) in [6.07, 6.45) is 1.62. The Balaban J connectivity index is 2.64. The molecular formula is C15H22Cl4O2Si. The van der Waals surface area contributed by atoms with E-state index in [1.54, 1.807) is 0 Å². The Hall–Kier alpha value is 0.517. The Morgan fingerprint density at radius 1 is 1.05 bits per heavy atom. The minimum atomic E-state index is -2.35. The summed E-state index contributed by atoms with van der Waals surface area (Å²) in [6, 6.07) is 7.57. The van der Waals surface area contributed by atoms with Crippen LogP contribution in [-0.2, 0) is 19.1 Å². The molecule has 0 aliphatic heterocycles. The third kappa shape index (κ3) is 6.20. The van der Waals surface area contributed by atoms with Crippen molar-refractivity contribution in [2.24, 2.45) is 0 Å². The summed E-state index contributed by atoms with van der Waals surface area (Å²) in [5, 5.41) is -0.111. The van der Waals surface area contributed by atoms with Crippen LogP contribution in [-0.4, -0.2) is 26.8 Å². The maximum absolute atomic E-state index is 6.55. The Bertz CT molecular complexity index is 442. The van der Waals surface area contributed by atoms with E-state index in [0.717, 1.165) is 18.4 Å². The van der Waals surface area contributed by atoms with E-state index in [2.05, 4.69) is 0 Å². The number of aryl methyl sites for hydroxylation is 1. The lowest BCUT2D eigenvalue weighted by Gasteiger charge is -2.30. The second-order valence-corrected chi connectivity index (χ2v) is 11.6. The maximum Gasteiger partial charge on any atom is 0.353 e. The molecule has 7 heteroatoms. The molecule has 0 spiro atoms. The molecule has 1 aromatic carbocycles. The number of rotatable bonds is 8. The number of halogens is 4. The molecule has 0 heterocycles. The molecule has 0 aromatic heterocycles. The molecule has 0 aliphatic carbocycles. The molecule has 1 unspecified atom stereocenters. The number of benzene rings is 1. The monoisotopic (exact) mass is 402 g/mol. The predicted octanol–water partition coefficient (Wildman–Crippen LogP) is 5.74. The summed E-state index contributed by atoms with van der Waals surface area (Å²) in [5.74, 6) is 0. The molecule has 0 saturated heterocycles. The fourth-order valence-electron chi connectivity index (χ4n) is 2.21. The normalized spacial score (nSPS) is 14.1. The first-order valence-corrected chi connectivity index (χ1v) is 11.3. The van der Waals surface area contributed by atoms with Crippen LogP contribution in [0.15, 0.2) is 24.3 Å². The van der Waals surface area contributed by atoms with Crippen molar-refractivity contribution in [3.8, 4) is 0 Å². The average molecular weight is 404 g/mol. The topological polar surface area (TPSA) is 18.5 Å². The summed E-state index contributed by atoms with van der Waals surface area (Å²) < 4.78 is 10.2. The highest BCUT2D eigenvalue weighted by Crippen LogP contribution is 2.38. The highest BCUT2D eigenvalue weighted by Gasteiger charge is 2.39. The minimum absolute atomic E-state index is 0.111.